The van der Waals surface area contributed by atoms with Crippen molar-refractivity contribution in [2.45, 2.75) is 19.4 Å². The van der Waals surface area contributed by atoms with Gasteiger partial charge in [-0.2, -0.15) is 4.98 Å². The summed E-state index contributed by atoms with van der Waals surface area (Å²) >= 11 is 0. The van der Waals surface area contributed by atoms with Crippen LogP contribution >= 0.6 is 0 Å². The van der Waals surface area contributed by atoms with Crippen LogP contribution in [0.1, 0.15) is 11.7 Å². The van der Waals surface area contributed by atoms with Crippen molar-refractivity contribution in [3.8, 4) is 0 Å². The van der Waals surface area contributed by atoms with E-state index in [4.69, 9.17) is 14.7 Å². The Kier molecular flexibility index (Phi) is 4.51. The first-order valence-corrected chi connectivity index (χ1v) is 4.51. The van der Waals surface area contributed by atoms with E-state index >= 15 is 0 Å². The molecule has 0 aliphatic carbocycles. The molecule has 0 amide bonds. The molecule has 6 heteroatoms. The average Bonchev–Trinajstić information content (AvgIpc) is 2.58. The van der Waals surface area contributed by atoms with Crippen LogP contribution < -0.4 is 5.32 Å². The van der Waals surface area contributed by atoms with Gasteiger partial charge in [-0.3, -0.25) is 0 Å². The fourth-order valence-electron chi connectivity index (χ4n) is 0.970. The highest BCUT2D eigenvalue weighted by Gasteiger charge is 2.03. The molecule has 80 valence electrons. The fourth-order valence-corrected chi connectivity index (χ4v) is 0.970. The number of aliphatic hydroxyl groups is 2. The van der Waals surface area contributed by atoms with E-state index < -0.39 is 6.10 Å². The Hall–Kier alpha value is -0.980. The average molecular weight is 201 g/mol. The SMILES string of the molecule is Cc1noc(CCNC[C@H](O)CO)n1. The molecule has 0 saturated heterocycles. The van der Waals surface area contributed by atoms with Gasteiger partial charge < -0.3 is 20.1 Å². The monoisotopic (exact) mass is 201 g/mol. The first-order chi connectivity index (χ1) is 6.72. The van der Waals surface area contributed by atoms with Gasteiger partial charge in [0.1, 0.15) is 0 Å². The molecule has 6 nitrogen and oxygen atoms in total. The standard InChI is InChI=1S/C8H15N3O3/c1-6-10-8(14-11-6)2-3-9-4-7(13)5-12/h7,9,12-13H,2-5H2,1H3/t7-/m0/s1. The maximum absolute atomic E-state index is 9.00. The number of aliphatic hydroxyl groups excluding tert-OH is 2. The van der Waals surface area contributed by atoms with Gasteiger partial charge in [0.15, 0.2) is 5.82 Å². The summed E-state index contributed by atoms with van der Waals surface area (Å²) in [5.74, 6) is 1.20. The third-order valence-electron chi connectivity index (χ3n) is 1.68. The van der Waals surface area contributed by atoms with Crippen LogP contribution in [0.4, 0.5) is 0 Å². The highest BCUT2D eigenvalue weighted by molar-refractivity contribution is 4.83. The molecule has 1 aromatic rings. The molecule has 0 fully saturated rings. The molecule has 14 heavy (non-hydrogen) atoms. The van der Waals surface area contributed by atoms with Crippen LogP contribution in [0.15, 0.2) is 4.52 Å². The maximum atomic E-state index is 9.00. The minimum Gasteiger partial charge on any atom is -0.394 e. The Balaban J connectivity index is 2.10. The molecule has 0 radical (unpaired) electrons. The summed E-state index contributed by atoms with van der Waals surface area (Å²) in [6.07, 6.45) is -0.0849. The Bertz CT molecular complexity index is 264. The third kappa shape index (κ3) is 3.82. The minimum atomic E-state index is -0.709. The lowest BCUT2D eigenvalue weighted by Gasteiger charge is -2.06. The number of aromatic nitrogens is 2. The summed E-state index contributed by atoms with van der Waals surface area (Å²) in [5.41, 5.74) is 0. The number of nitrogens with zero attached hydrogens (tertiary/aromatic N) is 2. The number of rotatable bonds is 6. The van der Waals surface area contributed by atoms with Gasteiger partial charge in [-0.1, -0.05) is 5.16 Å². The molecular formula is C8H15N3O3. The second kappa shape index (κ2) is 5.69. The van der Waals surface area contributed by atoms with E-state index in [-0.39, 0.29) is 6.61 Å². The number of nitrogens with one attached hydrogen (secondary N) is 1. The Labute approximate surface area is 81.9 Å². The number of hydrogen-bond acceptors (Lipinski definition) is 6. The summed E-state index contributed by atoms with van der Waals surface area (Å²) in [6.45, 7) is 2.53. The van der Waals surface area contributed by atoms with Gasteiger partial charge in [0.05, 0.1) is 12.7 Å². The van der Waals surface area contributed by atoms with Crippen LogP contribution in [-0.2, 0) is 6.42 Å². The smallest absolute Gasteiger partial charge is 0.227 e. The lowest BCUT2D eigenvalue weighted by molar-refractivity contribution is 0.0945. The molecule has 0 unspecified atom stereocenters. The zero-order chi connectivity index (χ0) is 10.4. The first kappa shape index (κ1) is 11.1. The molecule has 1 aromatic heterocycles. The third-order valence-corrected chi connectivity index (χ3v) is 1.68. The molecule has 0 spiro atoms. The number of hydrogen-bond donors (Lipinski definition) is 3. The van der Waals surface area contributed by atoms with Crippen molar-refractivity contribution >= 4 is 0 Å². The molecule has 1 rings (SSSR count). The van der Waals surface area contributed by atoms with Crippen molar-refractivity contribution < 1.29 is 14.7 Å². The highest BCUT2D eigenvalue weighted by Crippen LogP contribution is 1.95. The van der Waals surface area contributed by atoms with Crippen LogP contribution in [0.5, 0.6) is 0 Å². The molecule has 0 saturated carbocycles. The molecule has 1 heterocycles. The van der Waals surface area contributed by atoms with Crippen molar-refractivity contribution in [3.63, 3.8) is 0 Å². The zero-order valence-corrected chi connectivity index (χ0v) is 8.10. The van der Waals surface area contributed by atoms with Crippen molar-refractivity contribution in [2.24, 2.45) is 0 Å². The van der Waals surface area contributed by atoms with Crippen LogP contribution in [0, 0.1) is 6.92 Å². The normalized spacial score (nSPS) is 13.1. The van der Waals surface area contributed by atoms with E-state index in [0.29, 0.717) is 31.2 Å². The minimum absolute atomic E-state index is 0.229. The van der Waals surface area contributed by atoms with Gasteiger partial charge in [0, 0.05) is 19.5 Å². The summed E-state index contributed by atoms with van der Waals surface area (Å²) in [4.78, 5) is 4.02. The van der Waals surface area contributed by atoms with Crippen LogP contribution in [0.2, 0.25) is 0 Å². The van der Waals surface area contributed by atoms with Crippen LogP contribution in [0.25, 0.3) is 0 Å². The summed E-state index contributed by atoms with van der Waals surface area (Å²) < 4.78 is 4.88. The maximum Gasteiger partial charge on any atom is 0.227 e. The molecular weight excluding hydrogens is 186 g/mol. The fraction of sp³-hybridized carbons (Fsp3) is 0.750. The Morgan fingerprint density at radius 3 is 2.93 bits per heavy atom. The van der Waals surface area contributed by atoms with E-state index in [0.717, 1.165) is 0 Å². The van der Waals surface area contributed by atoms with Gasteiger partial charge in [0.2, 0.25) is 5.89 Å². The van der Waals surface area contributed by atoms with E-state index in [1.807, 2.05) is 0 Å². The van der Waals surface area contributed by atoms with Crippen LogP contribution in [-0.4, -0.2) is 46.2 Å². The summed E-state index contributed by atoms with van der Waals surface area (Å²) in [6, 6.07) is 0. The van der Waals surface area contributed by atoms with Crippen LogP contribution in [0.3, 0.4) is 0 Å². The molecule has 3 N–H and O–H groups in total. The lowest BCUT2D eigenvalue weighted by atomic mass is 10.3. The Morgan fingerprint density at radius 1 is 1.57 bits per heavy atom. The first-order valence-electron chi connectivity index (χ1n) is 4.51. The second-order valence-electron chi connectivity index (χ2n) is 3.03. The second-order valence-corrected chi connectivity index (χ2v) is 3.03. The van der Waals surface area contributed by atoms with E-state index in [1.165, 1.54) is 0 Å². The molecule has 0 aliphatic heterocycles. The largest absolute Gasteiger partial charge is 0.394 e. The topological polar surface area (TPSA) is 91.4 Å². The molecule has 0 bridgehead atoms. The van der Waals surface area contributed by atoms with Gasteiger partial charge >= 0.3 is 0 Å². The Morgan fingerprint density at radius 2 is 2.36 bits per heavy atom. The van der Waals surface area contributed by atoms with Crippen molar-refractivity contribution in [1.29, 1.82) is 0 Å². The van der Waals surface area contributed by atoms with Gasteiger partial charge in [-0.25, -0.2) is 0 Å². The van der Waals surface area contributed by atoms with E-state index in [2.05, 4.69) is 15.5 Å². The quantitative estimate of drug-likeness (QED) is 0.504. The predicted molar refractivity (Wildman–Crippen MR) is 48.7 cm³/mol. The zero-order valence-electron chi connectivity index (χ0n) is 8.10. The number of aryl methyl sites for hydroxylation is 1. The van der Waals surface area contributed by atoms with Crippen molar-refractivity contribution in [3.05, 3.63) is 11.7 Å². The summed E-state index contributed by atoms with van der Waals surface area (Å²) in [7, 11) is 0. The van der Waals surface area contributed by atoms with Gasteiger partial charge in [-0.05, 0) is 6.92 Å². The lowest BCUT2D eigenvalue weighted by Crippen LogP contribution is -2.30. The summed E-state index contributed by atoms with van der Waals surface area (Å²) in [5, 5.41) is 24.1. The predicted octanol–water partition coefficient (Wildman–Crippen LogP) is -1.14. The van der Waals surface area contributed by atoms with Crippen molar-refractivity contribution in [2.75, 3.05) is 19.7 Å². The van der Waals surface area contributed by atoms with E-state index in [1.54, 1.807) is 6.92 Å². The molecule has 0 aliphatic rings. The van der Waals surface area contributed by atoms with E-state index in [9.17, 15) is 0 Å². The van der Waals surface area contributed by atoms with Crippen molar-refractivity contribution in [1.82, 2.24) is 15.5 Å². The van der Waals surface area contributed by atoms with Gasteiger partial charge in [0.25, 0.3) is 0 Å². The van der Waals surface area contributed by atoms with Gasteiger partial charge in [-0.15, -0.1) is 0 Å². The molecule has 0 aromatic carbocycles. The molecule has 1 atom stereocenters. The highest BCUT2D eigenvalue weighted by atomic mass is 16.5.